The van der Waals surface area contributed by atoms with E-state index in [-0.39, 0.29) is 19.1 Å². The molecule has 1 aliphatic heterocycles. The molecular formula is C10H15NO5. The van der Waals surface area contributed by atoms with Crippen LogP contribution in [-0.4, -0.2) is 47.0 Å². The molecule has 16 heavy (non-hydrogen) atoms. The molecule has 90 valence electrons. The zero-order valence-corrected chi connectivity index (χ0v) is 9.30. The van der Waals surface area contributed by atoms with Crippen LogP contribution in [-0.2, 0) is 19.1 Å². The predicted molar refractivity (Wildman–Crippen MR) is 53.6 cm³/mol. The maximum absolute atomic E-state index is 11.5. The van der Waals surface area contributed by atoms with Crippen LogP contribution in [0.25, 0.3) is 0 Å². The van der Waals surface area contributed by atoms with Crippen LogP contribution in [0.15, 0.2) is 0 Å². The molecule has 0 bridgehead atoms. The van der Waals surface area contributed by atoms with Crippen molar-refractivity contribution in [3.05, 3.63) is 0 Å². The molecule has 1 N–H and O–H groups in total. The van der Waals surface area contributed by atoms with Gasteiger partial charge < -0.3 is 9.84 Å². The highest BCUT2D eigenvalue weighted by Gasteiger charge is 2.39. The Morgan fingerprint density at radius 3 is 2.31 bits per heavy atom. The summed E-state index contributed by atoms with van der Waals surface area (Å²) in [7, 11) is 0. The molecule has 1 fully saturated rings. The van der Waals surface area contributed by atoms with Gasteiger partial charge in [0.25, 0.3) is 11.8 Å². The second-order valence-corrected chi connectivity index (χ2v) is 3.82. The molecule has 6 heteroatoms. The highest BCUT2D eigenvalue weighted by Crippen LogP contribution is 2.17. The van der Waals surface area contributed by atoms with Gasteiger partial charge >= 0.3 is 5.97 Å². The molecule has 0 spiro atoms. The van der Waals surface area contributed by atoms with Crippen molar-refractivity contribution in [2.75, 3.05) is 13.2 Å². The van der Waals surface area contributed by atoms with Crippen LogP contribution in [0.1, 0.15) is 20.3 Å². The Morgan fingerprint density at radius 1 is 1.44 bits per heavy atom. The maximum atomic E-state index is 11.5. The molecule has 0 saturated carbocycles. The number of carbonyl (C=O) groups excluding carboxylic acids is 2. The van der Waals surface area contributed by atoms with Gasteiger partial charge in [-0.1, -0.05) is 20.3 Å². The summed E-state index contributed by atoms with van der Waals surface area (Å²) >= 11 is 0. The van der Waals surface area contributed by atoms with E-state index in [0.717, 1.165) is 4.90 Å². The Kier molecular flexibility index (Phi) is 4.00. The molecule has 0 aromatic heterocycles. The Labute approximate surface area is 93.2 Å². The average Bonchev–Trinajstić information content (AvgIpc) is 2.22. The minimum Gasteiger partial charge on any atom is -0.480 e. The van der Waals surface area contributed by atoms with E-state index in [2.05, 4.69) is 0 Å². The molecule has 0 aliphatic carbocycles. The Balaban J connectivity index is 2.95. The first-order valence-corrected chi connectivity index (χ1v) is 5.14. The molecule has 1 aliphatic rings. The van der Waals surface area contributed by atoms with Crippen molar-refractivity contribution in [3.8, 4) is 0 Å². The summed E-state index contributed by atoms with van der Waals surface area (Å²) in [5, 5.41) is 9.08. The Bertz CT molecular complexity index is 298. The summed E-state index contributed by atoms with van der Waals surface area (Å²) in [5.74, 6) is -2.59. The molecule has 1 saturated heterocycles. The first-order valence-electron chi connectivity index (χ1n) is 5.14. The van der Waals surface area contributed by atoms with Gasteiger partial charge in [-0.25, -0.2) is 4.79 Å². The summed E-state index contributed by atoms with van der Waals surface area (Å²) in [6.07, 6.45) is 0.578. The quantitative estimate of drug-likeness (QED) is 0.679. The van der Waals surface area contributed by atoms with E-state index >= 15 is 0 Å². The van der Waals surface area contributed by atoms with Crippen LogP contribution in [0.4, 0.5) is 0 Å². The average molecular weight is 229 g/mol. The monoisotopic (exact) mass is 229 g/mol. The third kappa shape index (κ3) is 2.38. The topological polar surface area (TPSA) is 83.9 Å². The van der Waals surface area contributed by atoms with Crippen LogP contribution >= 0.6 is 0 Å². The predicted octanol–water partition coefficient (Wildman–Crippen LogP) is -0.129. The van der Waals surface area contributed by atoms with Gasteiger partial charge in [-0.2, -0.15) is 0 Å². The number of rotatable bonds is 4. The number of carbonyl (C=O) groups is 3. The van der Waals surface area contributed by atoms with Crippen molar-refractivity contribution in [3.63, 3.8) is 0 Å². The molecular weight excluding hydrogens is 214 g/mol. The number of carboxylic acid groups (broad SMARTS) is 1. The van der Waals surface area contributed by atoms with Crippen LogP contribution in [0.5, 0.6) is 0 Å². The van der Waals surface area contributed by atoms with Crippen molar-refractivity contribution in [2.24, 2.45) is 5.92 Å². The van der Waals surface area contributed by atoms with Gasteiger partial charge in [0, 0.05) is 0 Å². The van der Waals surface area contributed by atoms with Gasteiger partial charge in [-0.3, -0.25) is 14.5 Å². The number of morpholine rings is 1. The van der Waals surface area contributed by atoms with Crippen molar-refractivity contribution >= 4 is 17.8 Å². The van der Waals surface area contributed by atoms with E-state index in [0.29, 0.717) is 6.42 Å². The van der Waals surface area contributed by atoms with Gasteiger partial charge in [-0.15, -0.1) is 0 Å². The lowest BCUT2D eigenvalue weighted by atomic mass is 9.97. The van der Waals surface area contributed by atoms with Crippen LogP contribution in [0.2, 0.25) is 0 Å². The summed E-state index contributed by atoms with van der Waals surface area (Å²) in [4.78, 5) is 34.9. The summed E-state index contributed by atoms with van der Waals surface area (Å²) < 4.78 is 4.73. The molecule has 0 radical (unpaired) electrons. The Hall–Kier alpha value is -1.43. The number of ether oxygens (including phenoxy) is 1. The lowest BCUT2D eigenvalue weighted by Crippen LogP contribution is -2.56. The molecule has 6 nitrogen and oxygen atoms in total. The van der Waals surface area contributed by atoms with Gasteiger partial charge in [0.05, 0.1) is 0 Å². The number of amides is 2. The van der Waals surface area contributed by atoms with E-state index < -0.39 is 23.8 Å². The fraction of sp³-hybridized carbons (Fsp3) is 0.700. The fourth-order valence-corrected chi connectivity index (χ4v) is 1.65. The molecule has 1 heterocycles. The first kappa shape index (κ1) is 12.6. The number of hydrogen-bond acceptors (Lipinski definition) is 4. The van der Waals surface area contributed by atoms with Gasteiger partial charge in [0.15, 0.2) is 0 Å². The van der Waals surface area contributed by atoms with Crippen molar-refractivity contribution in [2.45, 2.75) is 26.3 Å². The zero-order valence-electron chi connectivity index (χ0n) is 9.30. The number of aliphatic carboxylic acids is 1. The van der Waals surface area contributed by atoms with Crippen molar-refractivity contribution in [1.29, 1.82) is 0 Å². The van der Waals surface area contributed by atoms with Gasteiger partial charge in [-0.05, 0) is 5.92 Å². The second kappa shape index (κ2) is 5.07. The van der Waals surface area contributed by atoms with Crippen molar-refractivity contribution < 1.29 is 24.2 Å². The SMILES string of the molecule is CCC(C)C(C(=O)O)N1C(=O)COCC1=O. The second-order valence-electron chi connectivity index (χ2n) is 3.82. The number of carboxylic acids is 1. The lowest BCUT2D eigenvalue weighted by Gasteiger charge is -2.33. The van der Waals surface area contributed by atoms with Crippen LogP contribution in [0, 0.1) is 5.92 Å². The molecule has 0 aromatic carbocycles. The van der Waals surface area contributed by atoms with E-state index in [1.807, 2.05) is 6.92 Å². The smallest absolute Gasteiger partial charge is 0.327 e. The summed E-state index contributed by atoms with van der Waals surface area (Å²) in [6, 6.07) is -1.09. The molecule has 2 atom stereocenters. The van der Waals surface area contributed by atoms with Gasteiger partial charge in [0.1, 0.15) is 19.3 Å². The fourth-order valence-electron chi connectivity index (χ4n) is 1.65. The number of nitrogens with zero attached hydrogens (tertiary/aromatic N) is 1. The van der Waals surface area contributed by atoms with E-state index in [1.54, 1.807) is 6.92 Å². The molecule has 0 aromatic rings. The molecule has 2 amide bonds. The third-order valence-corrected chi connectivity index (χ3v) is 2.70. The third-order valence-electron chi connectivity index (χ3n) is 2.70. The van der Waals surface area contributed by atoms with Crippen molar-refractivity contribution in [1.82, 2.24) is 4.90 Å². The standard InChI is InChI=1S/C10H15NO5/c1-3-6(2)9(10(14)15)11-7(12)4-16-5-8(11)13/h6,9H,3-5H2,1-2H3,(H,14,15). The summed E-state index contributed by atoms with van der Waals surface area (Å²) in [5.41, 5.74) is 0. The minimum atomic E-state index is -1.15. The number of hydrogen-bond donors (Lipinski definition) is 1. The lowest BCUT2D eigenvalue weighted by molar-refractivity contribution is -0.170. The van der Waals surface area contributed by atoms with E-state index in [4.69, 9.17) is 9.84 Å². The molecule has 1 rings (SSSR count). The number of imide groups is 1. The Morgan fingerprint density at radius 2 is 1.94 bits per heavy atom. The highest BCUT2D eigenvalue weighted by atomic mass is 16.5. The first-order chi connectivity index (χ1) is 7.49. The normalized spacial score (nSPS) is 20.8. The van der Waals surface area contributed by atoms with E-state index in [9.17, 15) is 14.4 Å². The zero-order chi connectivity index (χ0) is 12.3. The van der Waals surface area contributed by atoms with E-state index in [1.165, 1.54) is 0 Å². The molecule has 2 unspecified atom stereocenters. The van der Waals surface area contributed by atoms with Crippen LogP contribution in [0.3, 0.4) is 0 Å². The summed E-state index contributed by atoms with van der Waals surface area (Å²) in [6.45, 7) is 3.06. The van der Waals surface area contributed by atoms with Gasteiger partial charge in [0.2, 0.25) is 0 Å². The minimum absolute atomic E-state index is 0.230. The highest BCUT2D eigenvalue weighted by molar-refractivity contribution is 6.01. The largest absolute Gasteiger partial charge is 0.480 e. The maximum Gasteiger partial charge on any atom is 0.327 e. The van der Waals surface area contributed by atoms with Crippen LogP contribution < -0.4 is 0 Å².